The number of nitrogens with zero attached hydrogens (tertiary/aromatic N) is 10. The molecule has 2 atom stereocenters. The van der Waals surface area contributed by atoms with Gasteiger partial charge in [0.2, 0.25) is 0 Å². The number of nitrogens with one attached hydrogen (secondary N) is 2. The van der Waals surface area contributed by atoms with Crippen molar-refractivity contribution < 1.29 is 66.8 Å². The first-order valence-corrected chi connectivity index (χ1v) is 36.7. The van der Waals surface area contributed by atoms with Gasteiger partial charge in [-0.3, -0.25) is 49.0 Å². The number of aryl methyl sites for hydroxylation is 1. The molecule has 6 heterocycles. The fourth-order valence-corrected chi connectivity index (χ4v) is 13.2. The number of amides is 6. The molecule has 2 aromatic heterocycles. The zero-order valence-corrected chi connectivity index (χ0v) is 63.7. The van der Waals surface area contributed by atoms with Gasteiger partial charge in [-0.05, 0) is 193 Å². The molecule has 13 rings (SSSR count). The number of rotatable bonds is 17. The number of carbonyl (C=O) groups excluding carboxylic acids is 6. The third-order valence-electron chi connectivity index (χ3n) is 17.9. The highest BCUT2D eigenvalue weighted by molar-refractivity contribution is 6.36. The highest BCUT2D eigenvalue weighted by Gasteiger charge is 2.27. The van der Waals surface area contributed by atoms with E-state index in [9.17, 15) is 62.6 Å². The number of carboxylic acid groups (broad SMARTS) is 1. The van der Waals surface area contributed by atoms with Gasteiger partial charge < -0.3 is 56.3 Å². The first kappa shape index (κ1) is 84.0. The van der Waals surface area contributed by atoms with Gasteiger partial charge >= 0.3 is 5.97 Å². The molecule has 9 aromatic rings. The minimum atomic E-state index is -1.09. The van der Waals surface area contributed by atoms with E-state index in [1.807, 2.05) is 14.7 Å². The number of likely N-dealkylation sites (tertiary alicyclic amines) is 4. The van der Waals surface area contributed by atoms with Crippen LogP contribution < -0.4 is 31.6 Å². The largest absolute Gasteiger partial charge is 0.484 e. The van der Waals surface area contributed by atoms with E-state index in [1.54, 1.807) is 98.5 Å². The van der Waals surface area contributed by atoms with Crippen LogP contribution in [0.3, 0.4) is 0 Å². The van der Waals surface area contributed by atoms with Gasteiger partial charge in [-0.25, -0.2) is 13.6 Å². The number of non-ortho nitro benzene ring substituents is 2. The summed E-state index contributed by atoms with van der Waals surface area (Å²) in [4.78, 5) is 111. The lowest BCUT2D eigenvalue weighted by Gasteiger charge is -2.19. The normalized spacial score (nSPS) is 13.9. The molecule has 4 aliphatic rings. The zero-order valence-electron chi connectivity index (χ0n) is 60.6. The summed E-state index contributed by atoms with van der Waals surface area (Å²) in [7, 11) is 0. The highest BCUT2D eigenvalue weighted by Crippen LogP contribution is 2.38. The molecule has 7 aromatic carbocycles. The molecule has 0 bridgehead atoms. The van der Waals surface area contributed by atoms with Gasteiger partial charge in [0.05, 0.1) is 25.5 Å². The van der Waals surface area contributed by atoms with Gasteiger partial charge in [0.25, 0.3) is 46.8 Å². The van der Waals surface area contributed by atoms with E-state index in [0.717, 1.165) is 127 Å². The number of nitro groups is 2. The lowest BCUT2D eigenvalue weighted by Crippen LogP contribution is -2.27. The third-order valence-corrected chi connectivity index (χ3v) is 19.4. The maximum Gasteiger partial charge on any atom is 0.335 e. The number of hydrogen-bond acceptors (Lipinski definition) is 19. The molecule has 0 spiro atoms. The number of halogens is 6. The molecule has 28 nitrogen and oxygen atoms in total. The minimum absolute atomic E-state index is 0.0120. The molecule has 112 heavy (non-hydrogen) atoms. The van der Waals surface area contributed by atoms with E-state index < -0.39 is 51.5 Å². The zero-order chi connectivity index (χ0) is 80.9. The second kappa shape index (κ2) is 39.6. The molecule has 4 saturated heterocycles. The van der Waals surface area contributed by atoms with Crippen LogP contribution in [0.25, 0.3) is 0 Å². The Morgan fingerprint density at radius 2 is 0.759 bits per heavy atom. The summed E-state index contributed by atoms with van der Waals surface area (Å²) >= 11 is 24.5. The van der Waals surface area contributed by atoms with Gasteiger partial charge in [-0.2, -0.15) is 5.10 Å². The number of anilines is 4. The van der Waals surface area contributed by atoms with Gasteiger partial charge in [-0.15, -0.1) is 15.3 Å². The smallest absolute Gasteiger partial charge is 0.335 e. The molecule has 34 heteroatoms. The van der Waals surface area contributed by atoms with Crippen molar-refractivity contribution in [2.75, 3.05) is 74.5 Å². The number of aromatic carboxylic acids is 1. The summed E-state index contributed by atoms with van der Waals surface area (Å²) in [5.41, 5.74) is 16.3. The van der Waals surface area contributed by atoms with Crippen molar-refractivity contribution in [1.82, 2.24) is 40.0 Å². The fourth-order valence-electron chi connectivity index (χ4n) is 11.9. The molecule has 584 valence electrons. The van der Waals surface area contributed by atoms with Crippen LogP contribution in [0.2, 0.25) is 20.1 Å². The molecule has 2 unspecified atom stereocenters. The molecule has 0 saturated carbocycles. The molecule has 0 radical (unpaired) electrons. The van der Waals surface area contributed by atoms with Crippen molar-refractivity contribution in [3.8, 4) is 11.5 Å². The number of aromatic nitrogens is 4. The van der Waals surface area contributed by atoms with Crippen molar-refractivity contribution in [3.63, 3.8) is 0 Å². The quantitative estimate of drug-likeness (QED) is 0.0245. The number of nitro benzene ring substituents is 2. The fraction of sp³-hybridized carbons (Fsp3) is 0.269. The highest BCUT2D eigenvalue weighted by atomic mass is 35.5. The third kappa shape index (κ3) is 22.6. The van der Waals surface area contributed by atoms with Crippen molar-refractivity contribution in [2.24, 2.45) is 0 Å². The first-order chi connectivity index (χ1) is 53.5. The number of nitrogen functional groups attached to an aromatic ring is 2. The van der Waals surface area contributed by atoms with Gasteiger partial charge in [0, 0.05) is 149 Å². The Balaban J connectivity index is 0.000000172. The van der Waals surface area contributed by atoms with Gasteiger partial charge in [0.1, 0.15) is 35.3 Å². The molecule has 4 aliphatic heterocycles. The maximum atomic E-state index is 13.9. The van der Waals surface area contributed by atoms with Crippen molar-refractivity contribution in [2.45, 2.75) is 84.3 Å². The van der Waals surface area contributed by atoms with Gasteiger partial charge in [0.15, 0.2) is 23.0 Å². The SMILES string of the molecule is CC(Oc1cc(C(=O)Nc2ccc(C(=O)N3CCCC3)cc2)nnc1N)c1c(Cl)ccc(F)c1Cl.Cc1nnc(C(=O)Nc2ccc(C(=O)N3CCCC3)cc2)cc1OC(C)c1c(Cl)ccc(F)c1Cl.Nc1ccc(C(=O)N2CCCC2)cc1.O=C(O)c1ccc([N+](=O)[O-])cc1.O=C(c1ccc([N+](=O)[O-])cc1)N1CCCC1. The number of hydrogen-bond donors (Lipinski definition) is 5. The number of carbonyl (C=O) groups is 7. The van der Waals surface area contributed by atoms with Crippen molar-refractivity contribution in [1.29, 1.82) is 0 Å². The van der Waals surface area contributed by atoms with Crippen LogP contribution in [0.4, 0.5) is 43.0 Å². The molecule has 6 amide bonds. The Morgan fingerprint density at radius 1 is 0.455 bits per heavy atom. The van der Waals surface area contributed by atoms with E-state index >= 15 is 0 Å². The standard InChI is InChI=1S/C25H23Cl2FN4O3.C24H22Cl2FN5O3.C11H12N2O3.C11H14N2O.C7H5NO4/c1-14-21(35-15(2)22-18(26)9-10-19(28)23(22)27)13-20(31-30-14)24(33)29-17-7-5-16(6-8-17)25(34)32-11-3-4-12-32;1-13(20-16(25)8-9-17(27)21(20)26)35-19-12-18(30-31-22(19)28)23(33)29-15-6-4-14(5-7-15)24(34)32-10-2-3-11-32;14-11(12-7-1-2-8-12)9-3-5-10(6-4-9)13(15)16;12-10-5-3-9(4-6-10)11(14)13-7-1-2-8-13;9-7(10)5-1-3-6(4-2-5)8(11)12/h5-10,13,15H,3-4,11-12H2,1-2H3,(H,29,33);4-9,12-13H,2-3,10-11H2,1H3,(H2,28,31)(H,29,33);3-6H,1-2,7-8H2;3-6H,1-2,7-8,12H2;1-4H,(H,9,10). The number of carboxylic acids is 1. The van der Waals surface area contributed by atoms with Crippen molar-refractivity contribution >= 4 is 122 Å². The van der Waals surface area contributed by atoms with Crippen molar-refractivity contribution in [3.05, 3.63) is 266 Å². The van der Waals surface area contributed by atoms with Crippen LogP contribution in [-0.2, 0) is 0 Å². The summed E-state index contributed by atoms with van der Waals surface area (Å²) in [5, 5.41) is 50.2. The van der Waals surface area contributed by atoms with Crippen LogP contribution in [-0.4, -0.2) is 149 Å². The maximum absolute atomic E-state index is 13.9. The lowest BCUT2D eigenvalue weighted by molar-refractivity contribution is -0.385. The Bertz CT molecular complexity index is 4670. The van der Waals surface area contributed by atoms with Crippen LogP contribution >= 0.6 is 46.4 Å². The van der Waals surface area contributed by atoms with E-state index in [2.05, 4.69) is 31.0 Å². The molecule has 7 N–H and O–H groups in total. The second-order valence-corrected chi connectivity index (χ2v) is 27.4. The van der Waals surface area contributed by atoms with Crippen LogP contribution in [0.1, 0.15) is 167 Å². The Labute approximate surface area is 661 Å². The Kier molecular flexibility index (Phi) is 29.7. The van der Waals surface area contributed by atoms with Gasteiger partial charge in [-0.1, -0.05) is 46.4 Å². The number of ether oxygens (including phenoxy) is 2. The lowest BCUT2D eigenvalue weighted by atomic mass is 10.1. The molecule has 4 fully saturated rings. The Hall–Kier alpha value is -12.0. The monoisotopic (exact) mass is 1610 g/mol. The average molecular weight is 1610 g/mol. The first-order valence-electron chi connectivity index (χ1n) is 35.2. The number of nitrogens with two attached hydrogens (primary N) is 2. The van der Waals surface area contributed by atoms with Crippen LogP contribution in [0.15, 0.2) is 158 Å². The second-order valence-electron chi connectivity index (χ2n) is 25.8. The molecular weight excluding hydrogens is 1540 g/mol. The predicted molar refractivity (Wildman–Crippen MR) is 417 cm³/mol. The molecule has 0 aliphatic carbocycles. The van der Waals surface area contributed by atoms with E-state index in [1.165, 1.54) is 66.7 Å². The van der Waals surface area contributed by atoms with Crippen LogP contribution in [0.5, 0.6) is 11.5 Å². The predicted octanol–water partition coefficient (Wildman–Crippen LogP) is 15.6. The topological polar surface area (TPSA) is 385 Å². The Morgan fingerprint density at radius 3 is 1.10 bits per heavy atom. The molecular formula is C78H76Cl4F2N14O14. The number of benzene rings is 7. The summed E-state index contributed by atoms with van der Waals surface area (Å²) in [6.45, 7) is 11.4. The summed E-state index contributed by atoms with van der Waals surface area (Å²) in [6, 6.07) is 38.7. The van der Waals surface area contributed by atoms with E-state index in [-0.39, 0.29) is 94.9 Å². The van der Waals surface area contributed by atoms with E-state index in [0.29, 0.717) is 45.0 Å². The average Bonchev–Trinajstić information content (AvgIpc) is 1.21. The summed E-state index contributed by atoms with van der Waals surface area (Å²) in [6.07, 6.45) is 6.87. The van der Waals surface area contributed by atoms with Crippen LogP contribution in [0, 0.1) is 38.8 Å². The summed E-state index contributed by atoms with van der Waals surface area (Å²) in [5.74, 6) is -3.10. The minimum Gasteiger partial charge on any atom is -0.484 e. The van der Waals surface area contributed by atoms with E-state index in [4.69, 9.17) is 72.5 Å². The summed E-state index contributed by atoms with van der Waals surface area (Å²) < 4.78 is 39.5.